The van der Waals surface area contributed by atoms with Crippen LogP contribution in [0.2, 0.25) is 0 Å². The number of nitrogens with one attached hydrogen (secondary N) is 1. The Labute approximate surface area is 167 Å². The van der Waals surface area contributed by atoms with E-state index in [1.165, 1.54) is 9.87 Å². The third-order valence-corrected chi connectivity index (χ3v) is 6.60. The lowest BCUT2D eigenvalue weighted by Gasteiger charge is -2.32. The summed E-state index contributed by atoms with van der Waals surface area (Å²) in [7, 11) is -3.63. The first kappa shape index (κ1) is 20.4. The topological polar surface area (TPSA) is 66.5 Å². The molecule has 0 heterocycles. The molecule has 1 aliphatic rings. The summed E-state index contributed by atoms with van der Waals surface area (Å²) in [6, 6.07) is 12.8. The van der Waals surface area contributed by atoms with E-state index in [0.717, 1.165) is 42.2 Å². The maximum atomic E-state index is 13.1. The number of hydrogen-bond donors (Lipinski definition) is 1. The zero-order valence-corrected chi connectivity index (χ0v) is 17.7. The second-order valence-corrected chi connectivity index (χ2v) is 9.54. The van der Waals surface area contributed by atoms with Crippen molar-refractivity contribution in [1.82, 2.24) is 5.32 Å². The van der Waals surface area contributed by atoms with Crippen LogP contribution >= 0.6 is 0 Å². The molecule has 150 valence electrons. The number of fused-ring (bicyclic) bond motifs is 1. The monoisotopic (exact) mass is 400 g/mol. The van der Waals surface area contributed by atoms with Crippen LogP contribution in [0.1, 0.15) is 48.1 Å². The van der Waals surface area contributed by atoms with Gasteiger partial charge < -0.3 is 5.32 Å². The minimum atomic E-state index is -3.63. The third-order valence-electron chi connectivity index (χ3n) is 5.38. The van der Waals surface area contributed by atoms with Gasteiger partial charge in [-0.3, -0.25) is 9.10 Å². The number of anilines is 1. The Hall–Kier alpha value is -2.34. The number of benzene rings is 2. The smallest absolute Gasteiger partial charge is 0.244 e. The molecule has 0 radical (unpaired) electrons. The van der Waals surface area contributed by atoms with Crippen molar-refractivity contribution in [3.05, 3.63) is 64.7 Å². The fourth-order valence-electron chi connectivity index (χ4n) is 3.93. The molecule has 0 bridgehead atoms. The molecular formula is C22H28N2O3S. The number of sulfonamides is 1. The van der Waals surface area contributed by atoms with E-state index >= 15 is 0 Å². The molecule has 1 N–H and O–H groups in total. The molecule has 0 fully saturated rings. The van der Waals surface area contributed by atoms with Gasteiger partial charge in [0, 0.05) is 0 Å². The summed E-state index contributed by atoms with van der Waals surface area (Å²) in [5, 5.41) is 3.09. The van der Waals surface area contributed by atoms with Gasteiger partial charge in [0.2, 0.25) is 15.9 Å². The molecule has 2 atom stereocenters. The van der Waals surface area contributed by atoms with E-state index in [0.29, 0.717) is 5.69 Å². The Bertz CT molecular complexity index is 985. The van der Waals surface area contributed by atoms with Gasteiger partial charge in [-0.15, -0.1) is 0 Å². The van der Waals surface area contributed by atoms with Crippen molar-refractivity contribution in [3.63, 3.8) is 0 Å². The maximum absolute atomic E-state index is 13.1. The quantitative estimate of drug-likeness (QED) is 0.833. The van der Waals surface area contributed by atoms with Crippen LogP contribution in [0.25, 0.3) is 0 Å². The second-order valence-electron chi connectivity index (χ2n) is 7.68. The first-order valence-electron chi connectivity index (χ1n) is 9.63. The van der Waals surface area contributed by atoms with Crippen molar-refractivity contribution >= 4 is 21.6 Å². The van der Waals surface area contributed by atoms with E-state index in [1.807, 2.05) is 50.2 Å². The molecule has 2 aromatic carbocycles. The standard InChI is InChI=1S/C22H28N2O3S/c1-15-12-13-16(2)21(14-15)24(28(4,26)27)17(3)22(25)23-20-11-7-9-18-8-5-6-10-19(18)20/h5-6,8,10,12-14,17,20H,7,9,11H2,1-4H3,(H,23,25). The summed E-state index contributed by atoms with van der Waals surface area (Å²) in [5.74, 6) is -0.284. The Kier molecular flexibility index (Phi) is 5.79. The minimum absolute atomic E-state index is 0.0834. The summed E-state index contributed by atoms with van der Waals surface area (Å²) in [6.07, 6.45) is 4.02. The van der Waals surface area contributed by atoms with Gasteiger partial charge in [-0.25, -0.2) is 8.42 Å². The number of aryl methyl sites for hydroxylation is 3. The summed E-state index contributed by atoms with van der Waals surface area (Å²) in [5.41, 5.74) is 4.70. The highest BCUT2D eigenvalue weighted by molar-refractivity contribution is 7.92. The van der Waals surface area contributed by atoms with Gasteiger partial charge in [-0.2, -0.15) is 0 Å². The van der Waals surface area contributed by atoms with E-state index in [4.69, 9.17) is 0 Å². The van der Waals surface area contributed by atoms with Gasteiger partial charge >= 0.3 is 0 Å². The number of carbonyl (C=O) groups excluding carboxylic acids is 1. The number of amides is 1. The Balaban J connectivity index is 1.89. The summed E-state index contributed by atoms with van der Waals surface area (Å²) in [6.45, 7) is 5.41. The summed E-state index contributed by atoms with van der Waals surface area (Å²) in [4.78, 5) is 13.1. The molecule has 1 amide bonds. The van der Waals surface area contributed by atoms with Crippen molar-refractivity contribution < 1.29 is 13.2 Å². The Morgan fingerprint density at radius 3 is 2.61 bits per heavy atom. The first-order chi connectivity index (χ1) is 13.2. The fourth-order valence-corrected chi connectivity index (χ4v) is 5.16. The largest absolute Gasteiger partial charge is 0.347 e. The van der Waals surface area contributed by atoms with Crippen LogP contribution in [0.3, 0.4) is 0 Å². The van der Waals surface area contributed by atoms with Crippen molar-refractivity contribution in [2.24, 2.45) is 0 Å². The average molecular weight is 401 g/mol. The molecule has 1 aliphatic carbocycles. The molecule has 2 aromatic rings. The number of nitrogens with zero attached hydrogens (tertiary/aromatic N) is 1. The summed E-state index contributed by atoms with van der Waals surface area (Å²) < 4.78 is 26.4. The molecular weight excluding hydrogens is 372 g/mol. The molecule has 0 saturated heterocycles. The van der Waals surface area contributed by atoms with Gasteiger partial charge in [-0.05, 0) is 68.4 Å². The molecule has 5 nitrogen and oxygen atoms in total. The number of rotatable bonds is 5. The van der Waals surface area contributed by atoms with Crippen LogP contribution in [0.4, 0.5) is 5.69 Å². The SMILES string of the molecule is Cc1ccc(C)c(N(C(C)C(=O)NC2CCCc3ccccc32)S(C)(=O)=O)c1. The third kappa shape index (κ3) is 4.22. The lowest BCUT2D eigenvalue weighted by molar-refractivity contribution is -0.122. The first-order valence-corrected chi connectivity index (χ1v) is 11.5. The van der Waals surface area contributed by atoms with E-state index in [2.05, 4.69) is 11.4 Å². The van der Waals surface area contributed by atoms with E-state index in [9.17, 15) is 13.2 Å². The number of hydrogen-bond acceptors (Lipinski definition) is 3. The predicted molar refractivity (Wildman–Crippen MR) is 113 cm³/mol. The molecule has 0 aromatic heterocycles. The molecule has 2 unspecified atom stereocenters. The molecule has 28 heavy (non-hydrogen) atoms. The van der Waals surface area contributed by atoms with Crippen molar-refractivity contribution in [2.45, 2.75) is 52.1 Å². The van der Waals surface area contributed by atoms with Gasteiger partial charge in [0.15, 0.2) is 0 Å². The average Bonchev–Trinajstić information content (AvgIpc) is 2.64. The lowest BCUT2D eigenvalue weighted by Crippen LogP contribution is -2.49. The number of carbonyl (C=O) groups is 1. The van der Waals surface area contributed by atoms with Crippen LogP contribution in [-0.4, -0.2) is 26.6 Å². The highest BCUT2D eigenvalue weighted by atomic mass is 32.2. The highest BCUT2D eigenvalue weighted by Gasteiger charge is 2.32. The summed E-state index contributed by atoms with van der Waals surface area (Å²) >= 11 is 0. The van der Waals surface area contributed by atoms with Gasteiger partial charge in [0.25, 0.3) is 0 Å². The predicted octanol–water partition coefficient (Wildman–Crippen LogP) is 3.65. The van der Waals surface area contributed by atoms with Crippen molar-refractivity contribution in [2.75, 3.05) is 10.6 Å². The second kappa shape index (κ2) is 7.95. The molecule has 0 aliphatic heterocycles. The molecule has 6 heteroatoms. The fraction of sp³-hybridized carbons (Fsp3) is 0.409. The molecule has 3 rings (SSSR count). The van der Waals surface area contributed by atoms with Crippen LogP contribution in [-0.2, 0) is 21.2 Å². The Morgan fingerprint density at radius 1 is 1.18 bits per heavy atom. The highest BCUT2D eigenvalue weighted by Crippen LogP contribution is 2.30. The van der Waals surface area contributed by atoms with Crippen molar-refractivity contribution in [1.29, 1.82) is 0 Å². The maximum Gasteiger partial charge on any atom is 0.244 e. The zero-order valence-electron chi connectivity index (χ0n) is 16.9. The van der Waals surface area contributed by atoms with Crippen LogP contribution in [0.5, 0.6) is 0 Å². The van der Waals surface area contributed by atoms with E-state index in [1.54, 1.807) is 6.92 Å². The Morgan fingerprint density at radius 2 is 1.89 bits per heavy atom. The van der Waals surface area contributed by atoms with Crippen LogP contribution in [0, 0.1) is 13.8 Å². The lowest BCUT2D eigenvalue weighted by atomic mass is 9.87. The van der Waals surface area contributed by atoms with Gasteiger partial charge in [-0.1, -0.05) is 36.4 Å². The van der Waals surface area contributed by atoms with E-state index in [-0.39, 0.29) is 11.9 Å². The van der Waals surface area contributed by atoms with Crippen LogP contribution in [0.15, 0.2) is 42.5 Å². The van der Waals surface area contributed by atoms with Gasteiger partial charge in [0.05, 0.1) is 18.0 Å². The minimum Gasteiger partial charge on any atom is -0.347 e. The van der Waals surface area contributed by atoms with Gasteiger partial charge in [0.1, 0.15) is 6.04 Å². The van der Waals surface area contributed by atoms with E-state index < -0.39 is 16.1 Å². The van der Waals surface area contributed by atoms with Crippen molar-refractivity contribution in [3.8, 4) is 0 Å². The molecule has 0 saturated carbocycles. The van der Waals surface area contributed by atoms with Crippen LogP contribution < -0.4 is 9.62 Å². The zero-order chi connectivity index (χ0) is 20.5. The normalized spacial score (nSPS) is 17.5. The molecule has 0 spiro atoms.